The second-order valence-electron chi connectivity index (χ2n) is 7.51. The van der Waals surface area contributed by atoms with Crippen LogP contribution in [-0.2, 0) is 6.42 Å². The van der Waals surface area contributed by atoms with Gasteiger partial charge in [-0.05, 0) is 38.8 Å². The number of allylic oxidation sites excluding steroid dienone is 2. The number of hydrogen-bond acceptors (Lipinski definition) is 0. The third-order valence-electron chi connectivity index (χ3n) is 5.50. The Kier molecular flexibility index (Phi) is 7.19. The number of benzene rings is 1. The van der Waals surface area contributed by atoms with Crippen LogP contribution in [0.15, 0.2) is 62.0 Å². The molecule has 0 aliphatic rings. The van der Waals surface area contributed by atoms with Gasteiger partial charge in [-0.3, -0.25) is 0 Å². The molecule has 4 aromatic rings. The van der Waals surface area contributed by atoms with Gasteiger partial charge in [0, 0.05) is 68.2 Å². The number of aromatic nitrogens is 3. The molecule has 0 saturated carbocycles. The van der Waals surface area contributed by atoms with E-state index in [0.29, 0.717) is 0 Å². The fraction of sp³-hybridized carbons (Fsp3) is 0.214. The van der Waals surface area contributed by atoms with E-state index < -0.39 is 0 Å². The van der Waals surface area contributed by atoms with Crippen LogP contribution in [0.4, 0.5) is 0 Å². The third-order valence-corrected chi connectivity index (χ3v) is 5.50. The quantitative estimate of drug-likeness (QED) is 0.267. The van der Waals surface area contributed by atoms with Crippen LogP contribution in [-0.4, -0.2) is 15.0 Å². The van der Waals surface area contributed by atoms with Gasteiger partial charge in [-0.25, -0.2) is 0 Å². The number of aryl methyl sites for hydroxylation is 2. The summed E-state index contributed by atoms with van der Waals surface area (Å²) in [4.78, 5) is 10.4. The molecular formula is C28H33N3. The van der Waals surface area contributed by atoms with Crippen molar-refractivity contribution in [2.24, 2.45) is 0 Å². The highest BCUT2D eigenvalue weighted by Crippen LogP contribution is 2.42. The molecule has 0 saturated heterocycles. The maximum Gasteiger partial charge on any atom is 0.0462 e. The number of aromatic amines is 3. The molecule has 3 N–H and O–H groups in total. The maximum atomic E-state index is 3.99. The summed E-state index contributed by atoms with van der Waals surface area (Å²) in [5.74, 6) is 0. The molecule has 3 heterocycles. The van der Waals surface area contributed by atoms with Gasteiger partial charge in [-0.15, -0.1) is 6.58 Å². The van der Waals surface area contributed by atoms with Crippen LogP contribution in [0, 0.1) is 6.92 Å². The minimum Gasteiger partial charge on any atom is -0.366 e. The molecule has 0 bridgehead atoms. The lowest BCUT2D eigenvalue weighted by Crippen LogP contribution is -1.88. The molecule has 160 valence electrons. The van der Waals surface area contributed by atoms with E-state index in [1.807, 2.05) is 12.2 Å². The Labute approximate surface area is 185 Å². The highest BCUT2D eigenvalue weighted by molar-refractivity contribution is 6.02. The van der Waals surface area contributed by atoms with Gasteiger partial charge in [-0.1, -0.05) is 56.9 Å². The van der Waals surface area contributed by atoms with Gasteiger partial charge in [0.05, 0.1) is 0 Å². The lowest BCUT2D eigenvalue weighted by molar-refractivity contribution is 1.06. The Bertz CT molecular complexity index is 1210. The van der Waals surface area contributed by atoms with Gasteiger partial charge in [0.2, 0.25) is 0 Å². The number of rotatable bonds is 6. The SMILES string of the molecule is C=CCC.C=Cc1[nH]c(CC)c(-c2c[nH]cc2-c2c(C)[nH]c3ccccc23)c1/C=C\C. The predicted molar refractivity (Wildman–Crippen MR) is 137 cm³/mol. The van der Waals surface area contributed by atoms with Gasteiger partial charge in [0.25, 0.3) is 0 Å². The van der Waals surface area contributed by atoms with E-state index in [-0.39, 0.29) is 0 Å². The summed E-state index contributed by atoms with van der Waals surface area (Å²) in [5, 5.41) is 1.25. The summed E-state index contributed by atoms with van der Waals surface area (Å²) in [7, 11) is 0. The topological polar surface area (TPSA) is 47.4 Å². The second-order valence-corrected chi connectivity index (χ2v) is 7.51. The monoisotopic (exact) mass is 411 g/mol. The van der Waals surface area contributed by atoms with Gasteiger partial charge in [0.1, 0.15) is 0 Å². The molecule has 0 radical (unpaired) electrons. The average molecular weight is 412 g/mol. The van der Waals surface area contributed by atoms with E-state index in [4.69, 9.17) is 0 Å². The number of hydrogen-bond donors (Lipinski definition) is 3. The summed E-state index contributed by atoms with van der Waals surface area (Å²) in [6.07, 6.45) is 14.3. The number of nitrogens with one attached hydrogen (secondary N) is 3. The van der Waals surface area contributed by atoms with Crippen LogP contribution >= 0.6 is 0 Å². The minimum atomic E-state index is 0.936. The summed E-state index contributed by atoms with van der Waals surface area (Å²) >= 11 is 0. The van der Waals surface area contributed by atoms with Crippen molar-refractivity contribution in [3.8, 4) is 22.3 Å². The van der Waals surface area contributed by atoms with Gasteiger partial charge >= 0.3 is 0 Å². The maximum absolute atomic E-state index is 3.99. The van der Waals surface area contributed by atoms with Crippen LogP contribution in [0.2, 0.25) is 0 Å². The fourth-order valence-electron chi connectivity index (χ4n) is 4.06. The van der Waals surface area contributed by atoms with Crippen LogP contribution in [0.25, 0.3) is 45.3 Å². The van der Waals surface area contributed by atoms with Gasteiger partial charge < -0.3 is 15.0 Å². The zero-order valence-corrected chi connectivity index (χ0v) is 19.1. The van der Waals surface area contributed by atoms with Crippen molar-refractivity contribution in [2.45, 2.75) is 40.5 Å². The average Bonchev–Trinajstić information content (AvgIpc) is 3.47. The molecular weight excluding hydrogens is 378 g/mol. The lowest BCUT2D eigenvalue weighted by Gasteiger charge is -2.08. The van der Waals surface area contributed by atoms with E-state index in [1.54, 1.807) is 0 Å². The summed E-state index contributed by atoms with van der Waals surface area (Å²) < 4.78 is 0. The van der Waals surface area contributed by atoms with E-state index in [9.17, 15) is 0 Å². The number of fused-ring (bicyclic) bond motifs is 1. The first-order valence-electron chi connectivity index (χ1n) is 11.0. The van der Waals surface area contributed by atoms with Crippen molar-refractivity contribution in [3.05, 3.63) is 84.6 Å². The van der Waals surface area contributed by atoms with E-state index in [2.05, 4.69) is 105 Å². The van der Waals surface area contributed by atoms with Crippen LogP contribution in [0.5, 0.6) is 0 Å². The standard InChI is InChI=1S/C24H25N3.C4H8/c1-5-10-16-20(6-2)27-21(7-3)24(16)19-14-25-13-18(19)23-15(4)26-22-12-9-8-11-17(22)23;1-3-4-2/h5-6,8-14,25-27H,2,7H2,1,3-4H3;3H,1,4H2,2H3/b10-5-;. The minimum absolute atomic E-state index is 0.936. The molecule has 0 atom stereocenters. The van der Waals surface area contributed by atoms with Crippen molar-refractivity contribution < 1.29 is 0 Å². The van der Waals surface area contributed by atoms with E-state index >= 15 is 0 Å². The second kappa shape index (κ2) is 10.0. The first kappa shape index (κ1) is 22.2. The lowest BCUT2D eigenvalue weighted by atomic mass is 9.93. The van der Waals surface area contributed by atoms with Crippen molar-refractivity contribution >= 4 is 23.1 Å². The summed E-state index contributed by atoms with van der Waals surface area (Å²) in [6, 6.07) is 8.49. The van der Waals surface area contributed by atoms with Crippen LogP contribution in [0.1, 0.15) is 49.8 Å². The first-order valence-corrected chi connectivity index (χ1v) is 11.0. The molecule has 1 aromatic carbocycles. The zero-order valence-electron chi connectivity index (χ0n) is 19.1. The van der Waals surface area contributed by atoms with Crippen molar-refractivity contribution in [3.63, 3.8) is 0 Å². The molecule has 3 nitrogen and oxygen atoms in total. The Morgan fingerprint density at radius 3 is 2.26 bits per heavy atom. The summed E-state index contributed by atoms with van der Waals surface area (Å²) in [5.41, 5.74) is 10.8. The molecule has 3 heteroatoms. The number of H-pyrrole nitrogens is 3. The fourth-order valence-corrected chi connectivity index (χ4v) is 4.06. The zero-order chi connectivity index (χ0) is 22.4. The molecule has 0 amide bonds. The van der Waals surface area contributed by atoms with Crippen molar-refractivity contribution in [2.75, 3.05) is 0 Å². The Morgan fingerprint density at radius 2 is 1.65 bits per heavy atom. The largest absolute Gasteiger partial charge is 0.366 e. The highest BCUT2D eigenvalue weighted by atomic mass is 14.7. The Hall–Kier alpha value is -3.46. The van der Waals surface area contributed by atoms with Gasteiger partial charge in [-0.2, -0.15) is 0 Å². The molecule has 0 spiro atoms. The van der Waals surface area contributed by atoms with Crippen LogP contribution in [0.3, 0.4) is 0 Å². The van der Waals surface area contributed by atoms with Gasteiger partial charge in [0.15, 0.2) is 0 Å². The third kappa shape index (κ3) is 4.22. The molecule has 31 heavy (non-hydrogen) atoms. The Balaban J connectivity index is 0.000000628. The number of para-hydroxylation sites is 1. The molecule has 0 aliphatic heterocycles. The molecule has 3 aromatic heterocycles. The predicted octanol–water partition coefficient (Wildman–Crippen LogP) is 8.29. The molecule has 4 rings (SSSR count). The smallest absolute Gasteiger partial charge is 0.0462 e. The highest BCUT2D eigenvalue weighted by Gasteiger charge is 2.21. The van der Waals surface area contributed by atoms with E-state index in [0.717, 1.165) is 18.5 Å². The van der Waals surface area contributed by atoms with Crippen molar-refractivity contribution in [1.82, 2.24) is 15.0 Å². The molecule has 0 fully saturated rings. The summed E-state index contributed by atoms with van der Waals surface area (Å²) in [6.45, 7) is 15.9. The Morgan fingerprint density at radius 1 is 0.968 bits per heavy atom. The van der Waals surface area contributed by atoms with E-state index in [1.165, 1.54) is 50.1 Å². The first-order chi connectivity index (χ1) is 15.1. The van der Waals surface area contributed by atoms with Crippen molar-refractivity contribution in [1.29, 1.82) is 0 Å². The molecule has 0 unspecified atom stereocenters. The van der Waals surface area contributed by atoms with Crippen LogP contribution < -0.4 is 0 Å². The normalized spacial score (nSPS) is 11.0. The molecule has 0 aliphatic carbocycles.